The SMILES string of the molecule is CC(C)=CCN(CCCCl)C1CCC1. The molecule has 82 valence electrons. The summed E-state index contributed by atoms with van der Waals surface area (Å²) in [5.74, 6) is 0.790. The first-order chi connectivity index (χ1) is 6.74. The predicted molar refractivity (Wildman–Crippen MR) is 64.0 cm³/mol. The molecule has 0 aliphatic heterocycles. The minimum absolute atomic E-state index is 0.790. The van der Waals surface area contributed by atoms with Crippen molar-refractivity contribution in [2.45, 2.75) is 45.6 Å². The van der Waals surface area contributed by atoms with Crippen molar-refractivity contribution in [1.29, 1.82) is 0 Å². The smallest absolute Gasteiger partial charge is 0.0235 e. The fourth-order valence-corrected chi connectivity index (χ4v) is 1.86. The Kier molecular flexibility index (Phi) is 5.57. The average Bonchev–Trinajstić information content (AvgIpc) is 2.06. The van der Waals surface area contributed by atoms with Gasteiger partial charge in [-0.3, -0.25) is 4.90 Å². The van der Waals surface area contributed by atoms with Gasteiger partial charge in [-0.25, -0.2) is 0 Å². The molecule has 0 N–H and O–H groups in total. The normalized spacial score (nSPS) is 16.9. The number of hydrogen-bond donors (Lipinski definition) is 0. The summed E-state index contributed by atoms with van der Waals surface area (Å²) in [7, 11) is 0. The molecular formula is C12H22ClN. The molecule has 0 heterocycles. The maximum atomic E-state index is 5.73. The number of allylic oxidation sites excluding steroid dienone is 1. The number of nitrogens with zero attached hydrogens (tertiary/aromatic N) is 1. The number of rotatable bonds is 6. The maximum absolute atomic E-state index is 5.73. The minimum atomic E-state index is 0.790. The van der Waals surface area contributed by atoms with E-state index in [1.165, 1.54) is 24.8 Å². The first-order valence-corrected chi connectivity index (χ1v) is 6.21. The zero-order valence-corrected chi connectivity index (χ0v) is 10.2. The molecule has 0 aromatic rings. The first kappa shape index (κ1) is 12.1. The van der Waals surface area contributed by atoms with Crippen LogP contribution in [0.3, 0.4) is 0 Å². The summed E-state index contributed by atoms with van der Waals surface area (Å²) in [5.41, 5.74) is 1.42. The Morgan fingerprint density at radius 3 is 2.57 bits per heavy atom. The molecule has 1 nitrogen and oxygen atoms in total. The van der Waals surface area contributed by atoms with Crippen LogP contribution in [0.4, 0.5) is 0 Å². The van der Waals surface area contributed by atoms with E-state index in [2.05, 4.69) is 24.8 Å². The molecule has 0 saturated heterocycles. The molecule has 0 unspecified atom stereocenters. The lowest BCUT2D eigenvalue weighted by molar-refractivity contribution is 0.142. The van der Waals surface area contributed by atoms with Gasteiger partial charge >= 0.3 is 0 Å². The van der Waals surface area contributed by atoms with Gasteiger partial charge in [-0.1, -0.05) is 18.1 Å². The van der Waals surface area contributed by atoms with Gasteiger partial charge < -0.3 is 0 Å². The van der Waals surface area contributed by atoms with Gasteiger partial charge in [0.25, 0.3) is 0 Å². The summed E-state index contributed by atoms with van der Waals surface area (Å²) in [6, 6.07) is 0.841. The van der Waals surface area contributed by atoms with Crippen molar-refractivity contribution >= 4 is 11.6 Å². The molecule has 14 heavy (non-hydrogen) atoms. The van der Waals surface area contributed by atoms with Crippen LogP contribution in [-0.2, 0) is 0 Å². The Labute approximate surface area is 93.1 Å². The van der Waals surface area contributed by atoms with E-state index < -0.39 is 0 Å². The van der Waals surface area contributed by atoms with E-state index in [0.29, 0.717) is 0 Å². The standard InChI is InChI=1S/C12H22ClN/c1-11(2)7-10-14(9-4-8-13)12-5-3-6-12/h7,12H,3-6,8-10H2,1-2H3. The molecule has 1 saturated carbocycles. The van der Waals surface area contributed by atoms with Gasteiger partial charge in [0.1, 0.15) is 0 Å². The van der Waals surface area contributed by atoms with Crippen molar-refractivity contribution in [2.24, 2.45) is 0 Å². The number of alkyl halides is 1. The van der Waals surface area contributed by atoms with Gasteiger partial charge in [-0.15, -0.1) is 11.6 Å². The zero-order valence-electron chi connectivity index (χ0n) is 9.43. The lowest BCUT2D eigenvalue weighted by Gasteiger charge is -2.37. The Bertz CT molecular complexity index is 181. The molecule has 1 aliphatic rings. The molecule has 0 radical (unpaired) electrons. The van der Waals surface area contributed by atoms with E-state index in [1.807, 2.05) is 0 Å². The molecule has 0 bridgehead atoms. The van der Waals surface area contributed by atoms with E-state index in [-0.39, 0.29) is 0 Å². The van der Waals surface area contributed by atoms with Crippen molar-refractivity contribution < 1.29 is 0 Å². The van der Waals surface area contributed by atoms with Gasteiger partial charge in [0, 0.05) is 18.5 Å². The van der Waals surface area contributed by atoms with Crippen LogP contribution in [0, 0.1) is 0 Å². The monoisotopic (exact) mass is 215 g/mol. The van der Waals surface area contributed by atoms with Gasteiger partial charge in [0.05, 0.1) is 0 Å². The third-order valence-electron chi connectivity index (χ3n) is 2.90. The maximum Gasteiger partial charge on any atom is 0.0235 e. The second kappa shape index (κ2) is 6.47. The van der Waals surface area contributed by atoms with Gasteiger partial charge in [0.2, 0.25) is 0 Å². The zero-order chi connectivity index (χ0) is 10.4. The Morgan fingerprint density at radius 1 is 1.43 bits per heavy atom. The summed E-state index contributed by atoms with van der Waals surface area (Å²) in [4.78, 5) is 2.58. The molecule has 0 aromatic heterocycles. The number of hydrogen-bond acceptors (Lipinski definition) is 1. The topological polar surface area (TPSA) is 3.24 Å². The fraction of sp³-hybridized carbons (Fsp3) is 0.833. The third kappa shape index (κ3) is 4.02. The Balaban J connectivity index is 2.31. The van der Waals surface area contributed by atoms with Crippen LogP contribution in [0.15, 0.2) is 11.6 Å². The Hall–Kier alpha value is -0.0100. The fourth-order valence-electron chi connectivity index (χ4n) is 1.74. The van der Waals surface area contributed by atoms with Crippen LogP contribution < -0.4 is 0 Å². The average molecular weight is 216 g/mol. The summed E-state index contributed by atoms with van der Waals surface area (Å²) < 4.78 is 0. The lowest BCUT2D eigenvalue weighted by atomic mass is 9.91. The van der Waals surface area contributed by atoms with Crippen LogP contribution >= 0.6 is 11.6 Å². The van der Waals surface area contributed by atoms with E-state index in [4.69, 9.17) is 11.6 Å². The van der Waals surface area contributed by atoms with E-state index >= 15 is 0 Å². The summed E-state index contributed by atoms with van der Waals surface area (Å²) in [6.45, 7) is 6.61. The minimum Gasteiger partial charge on any atom is -0.297 e. The van der Waals surface area contributed by atoms with E-state index in [9.17, 15) is 0 Å². The van der Waals surface area contributed by atoms with Crippen molar-refractivity contribution in [3.8, 4) is 0 Å². The van der Waals surface area contributed by atoms with Crippen molar-refractivity contribution in [2.75, 3.05) is 19.0 Å². The van der Waals surface area contributed by atoms with E-state index in [0.717, 1.165) is 31.4 Å². The molecule has 0 spiro atoms. The van der Waals surface area contributed by atoms with Gasteiger partial charge in [-0.05, 0) is 39.7 Å². The van der Waals surface area contributed by atoms with Crippen LogP contribution in [-0.4, -0.2) is 29.9 Å². The quantitative estimate of drug-likeness (QED) is 0.485. The summed E-state index contributed by atoms with van der Waals surface area (Å²) >= 11 is 5.73. The van der Waals surface area contributed by atoms with Crippen LogP contribution in [0.1, 0.15) is 39.5 Å². The molecule has 0 aromatic carbocycles. The molecular weight excluding hydrogens is 194 g/mol. The van der Waals surface area contributed by atoms with Crippen LogP contribution in [0.2, 0.25) is 0 Å². The van der Waals surface area contributed by atoms with E-state index in [1.54, 1.807) is 0 Å². The Morgan fingerprint density at radius 2 is 2.14 bits per heavy atom. The summed E-state index contributed by atoms with van der Waals surface area (Å²) in [6.07, 6.45) is 7.63. The second-order valence-electron chi connectivity index (χ2n) is 4.40. The predicted octanol–water partition coefficient (Wildman–Crippen LogP) is 3.44. The third-order valence-corrected chi connectivity index (χ3v) is 3.17. The highest BCUT2D eigenvalue weighted by Gasteiger charge is 2.23. The summed E-state index contributed by atoms with van der Waals surface area (Å²) in [5, 5.41) is 0. The highest BCUT2D eigenvalue weighted by molar-refractivity contribution is 6.17. The molecule has 1 rings (SSSR count). The van der Waals surface area contributed by atoms with Gasteiger partial charge in [-0.2, -0.15) is 0 Å². The van der Waals surface area contributed by atoms with Crippen molar-refractivity contribution in [3.05, 3.63) is 11.6 Å². The molecule has 0 atom stereocenters. The van der Waals surface area contributed by atoms with Crippen LogP contribution in [0.5, 0.6) is 0 Å². The highest BCUT2D eigenvalue weighted by Crippen LogP contribution is 2.24. The molecule has 2 heteroatoms. The largest absolute Gasteiger partial charge is 0.297 e. The molecule has 1 aliphatic carbocycles. The highest BCUT2D eigenvalue weighted by atomic mass is 35.5. The van der Waals surface area contributed by atoms with Crippen molar-refractivity contribution in [3.63, 3.8) is 0 Å². The van der Waals surface area contributed by atoms with Crippen LogP contribution in [0.25, 0.3) is 0 Å². The second-order valence-corrected chi connectivity index (χ2v) is 4.78. The number of halogens is 1. The lowest BCUT2D eigenvalue weighted by Crippen LogP contribution is -2.41. The molecule has 0 amide bonds. The van der Waals surface area contributed by atoms with Crippen molar-refractivity contribution in [1.82, 2.24) is 4.90 Å². The van der Waals surface area contributed by atoms with Gasteiger partial charge in [0.15, 0.2) is 0 Å². The first-order valence-electron chi connectivity index (χ1n) is 5.67. The molecule has 1 fully saturated rings.